The van der Waals surface area contributed by atoms with E-state index in [1.54, 1.807) is 11.8 Å². The van der Waals surface area contributed by atoms with Crippen LogP contribution in [0.2, 0.25) is 0 Å². The van der Waals surface area contributed by atoms with Gasteiger partial charge in [-0.2, -0.15) is 0 Å². The number of benzene rings is 1. The minimum atomic E-state index is -0.341. The Morgan fingerprint density at radius 3 is 2.96 bits per heavy atom. The van der Waals surface area contributed by atoms with Gasteiger partial charge in [0.2, 0.25) is 0 Å². The molecular weight excluding hydrogens is 320 g/mol. The van der Waals surface area contributed by atoms with E-state index in [2.05, 4.69) is 15.6 Å². The summed E-state index contributed by atoms with van der Waals surface area (Å²) in [6, 6.07) is 7.84. The molecule has 1 amide bonds. The minimum absolute atomic E-state index is 0.259. The highest BCUT2D eigenvalue weighted by Crippen LogP contribution is 2.17. The van der Waals surface area contributed by atoms with Gasteiger partial charge in [-0.1, -0.05) is 30.5 Å². The number of amides is 1. The molecule has 0 aliphatic heterocycles. The molecule has 0 saturated heterocycles. The molecule has 0 bridgehead atoms. The molecule has 1 fully saturated rings. The number of methoxy groups -OCH3 is 1. The summed E-state index contributed by atoms with van der Waals surface area (Å²) in [6.07, 6.45) is 7.73. The van der Waals surface area contributed by atoms with Gasteiger partial charge in [-0.15, -0.1) is 5.10 Å². The van der Waals surface area contributed by atoms with E-state index in [4.69, 9.17) is 9.47 Å². The molecule has 134 valence electrons. The number of ether oxygens (including phenoxy) is 2. The molecule has 3 rings (SSSR count). The normalized spacial score (nSPS) is 14.9. The molecule has 0 spiro atoms. The fraction of sp³-hybridized carbons (Fsp3) is 0.500. The quantitative estimate of drug-likeness (QED) is 0.872. The molecule has 1 aromatic heterocycles. The molecule has 7 nitrogen and oxygen atoms in total. The second kappa shape index (κ2) is 8.50. The van der Waals surface area contributed by atoms with Crippen molar-refractivity contribution in [2.45, 2.75) is 44.6 Å². The molecule has 7 heteroatoms. The number of aromatic nitrogens is 3. The zero-order valence-electron chi connectivity index (χ0n) is 14.5. The van der Waals surface area contributed by atoms with E-state index in [0.29, 0.717) is 6.42 Å². The lowest BCUT2D eigenvalue weighted by Crippen LogP contribution is -2.36. The van der Waals surface area contributed by atoms with Gasteiger partial charge in [-0.25, -0.2) is 9.48 Å². The van der Waals surface area contributed by atoms with Crippen molar-refractivity contribution in [1.82, 2.24) is 20.3 Å². The van der Waals surface area contributed by atoms with E-state index in [-0.39, 0.29) is 18.7 Å². The fourth-order valence-electron chi connectivity index (χ4n) is 3.00. The summed E-state index contributed by atoms with van der Waals surface area (Å²) in [4.78, 5) is 11.8. The van der Waals surface area contributed by atoms with Crippen LogP contribution in [0.15, 0.2) is 30.5 Å². The van der Waals surface area contributed by atoms with Crippen LogP contribution in [0.25, 0.3) is 5.69 Å². The van der Waals surface area contributed by atoms with Crippen LogP contribution < -0.4 is 10.1 Å². The van der Waals surface area contributed by atoms with Gasteiger partial charge in [0.1, 0.15) is 5.75 Å². The smallest absolute Gasteiger partial charge is 0.407 e. The minimum Gasteiger partial charge on any atom is -0.497 e. The van der Waals surface area contributed by atoms with Gasteiger partial charge in [0.15, 0.2) is 0 Å². The maximum absolute atomic E-state index is 11.8. The van der Waals surface area contributed by atoms with Crippen LogP contribution in [-0.2, 0) is 11.2 Å². The van der Waals surface area contributed by atoms with E-state index in [1.807, 2.05) is 30.5 Å². The molecule has 1 saturated carbocycles. The van der Waals surface area contributed by atoms with Crippen molar-refractivity contribution in [1.29, 1.82) is 0 Å². The highest BCUT2D eigenvalue weighted by molar-refractivity contribution is 5.67. The van der Waals surface area contributed by atoms with E-state index in [0.717, 1.165) is 30.0 Å². The van der Waals surface area contributed by atoms with Crippen molar-refractivity contribution >= 4 is 6.09 Å². The predicted molar refractivity (Wildman–Crippen MR) is 93.0 cm³/mol. The molecule has 2 aromatic rings. The van der Waals surface area contributed by atoms with Gasteiger partial charge in [-0.3, -0.25) is 0 Å². The Balaban J connectivity index is 1.46. The lowest BCUT2D eigenvalue weighted by molar-refractivity contribution is 0.140. The van der Waals surface area contributed by atoms with Crippen LogP contribution in [0.1, 0.15) is 37.8 Å². The van der Waals surface area contributed by atoms with Crippen LogP contribution in [0.4, 0.5) is 4.79 Å². The second-order valence-corrected chi connectivity index (χ2v) is 6.22. The molecule has 1 aromatic carbocycles. The summed E-state index contributed by atoms with van der Waals surface area (Å²) in [6.45, 7) is 0.287. The number of nitrogens with zero attached hydrogens (tertiary/aromatic N) is 3. The first-order chi connectivity index (χ1) is 12.2. The maximum Gasteiger partial charge on any atom is 0.407 e. The first-order valence-corrected chi connectivity index (χ1v) is 8.73. The molecule has 1 aliphatic carbocycles. The van der Waals surface area contributed by atoms with Crippen molar-refractivity contribution in [3.8, 4) is 11.4 Å². The molecule has 1 N–H and O–H groups in total. The number of rotatable bonds is 6. The summed E-state index contributed by atoms with van der Waals surface area (Å²) in [7, 11) is 1.63. The third-order valence-corrected chi connectivity index (χ3v) is 4.38. The number of carbonyl (C=O) groups is 1. The molecular formula is C18H24N4O3. The van der Waals surface area contributed by atoms with Gasteiger partial charge in [0.25, 0.3) is 0 Å². The summed E-state index contributed by atoms with van der Waals surface area (Å²) in [5, 5.41) is 11.2. The van der Waals surface area contributed by atoms with Crippen molar-refractivity contribution < 1.29 is 14.3 Å². The first kappa shape index (κ1) is 17.3. The predicted octanol–water partition coefficient (Wildman–Crippen LogP) is 2.88. The largest absolute Gasteiger partial charge is 0.497 e. The Morgan fingerprint density at radius 1 is 1.32 bits per heavy atom. The van der Waals surface area contributed by atoms with Gasteiger partial charge >= 0.3 is 6.09 Å². The number of carbonyl (C=O) groups excluding carboxylic acids is 1. The third kappa shape index (κ3) is 4.95. The summed E-state index contributed by atoms with van der Waals surface area (Å²) < 4.78 is 12.1. The van der Waals surface area contributed by atoms with E-state index in [9.17, 15) is 4.79 Å². The Labute approximate surface area is 147 Å². The standard InChI is InChI=1S/C18H24N4O3/c1-24-17-9-5-8-16(12-17)22-13-15(20-21-22)10-11-25-18(23)19-14-6-3-2-4-7-14/h5,8-9,12-14H,2-4,6-7,10-11H2,1H3,(H,19,23). The second-order valence-electron chi connectivity index (χ2n) is 6.22. The monoisotopic (exact) mass is 344 g/mol. The molecule has 25 heavy (non-hydrogen) atoms. The maximum atomic E-state index is 11.8. The summed E-state index contributed by atoms with van der Waals surface area (Å²) >= 11 is 0. The number of alkyl carbamates (subject to hydrolysis) is 1. The van der Waals surface area contributed by atoms with Crippen molar-refractivity contribution in [2.24, 2.45) is 0 Å². The van der Waals surface area contributed by atoms with Crippen molar-refractivity contribution in [3.05, 3.63) is 36.2 Å². The van der Waals surface area contributed by atoms with Gasteiger partial charge in [-0.05, 0) is 25.0 Å². The topological polar surface area (TPSA) is 78.3 Å². The summed E-state index contributed by atoms with van der Waals surface area (Å²) in [5.74, 6) is 0.761. The number of hydrogen-bond donors (Lipinski definition) is 1. The Morgan fingerprint density at radius 2 is 2.16 bits per heavy atom. The van der Waals surface area contributed by atoms with E-state index in [1.165, 1.54) is 19.3 Å². The average Bonchev–Trinajstić information content (AvgIpc) is 3.11. The van der Waals surface area contributed by atoms with E-state index >= 15 is 0 Å². The highest BCUT2D eigenvalue weighted by atomic mass is 16.5. The SMILES string of the molecule is COc1cccc(-n2cc(CCOC(=O)NC3CCCCC3)nn2)c1. The fourth-order valence-corrected chi connectivity index (χ4v) is 3.00. The average molecular weight is 344 g/mol. The van der Waals surface area contributed by atoms with E-state index < -0.39 is 0 Å². The van der Waals surface area contributed by atoms with Gasteiger partial charge in [0.05, 0.1) is 31.3 Å². The van der Waals surface area contributed by atoms with Gasteiger partial charge in [0, 0.05) is 18.5 Å². The zero-order chi connectivity index (χ0) is 17.5. The molecule has 1 heterocycles. The van der Waals surface area contributed by atoms with Crippen LogP contribution in [0.3, 0.4) is 0 Å². The van der Waals surface area contributed by atoms with Crippen LogP contribution in [0.5, 0.6) is 5.75 Å². The highest BCUT2D eigenvalue weighted by Gasteiger charge is 2.16. The van der Waals surface area contributed by atoms with Crippen LogP contribution in [0, 0.1) is 0 Å². The lowest BCUT2D eigenvalue weighted by atomic mass is 9.96. The number of hydrogen-bond acceptors (Lipinski definition) is 5. The Kier molecular flexibility index (Phi) is 5.87. The summed E-state index contributed by atoms with van der Waals surface area (Å²) in [5.41, 5.74) is 1.64. The molecule has 0 atom stereocenters. The number of nitrogens with one attached hydrogen (secondary N) is 1. The van der Waals surface area contributed by atoms with Crippen LogP contribution >= 0.6 is 0 Å². The first-order valence-electron chi connectivity index (χ1n) is 8.73. The molecule has 0 radical (unpaired) electrons. The van der Waals surface area contributed by atoms with Crippen LogP contribution in [-0.4, -0.2) is 40.8 Å². The van der Waals surface area contributed by atoms with Gasteiger partial charge < -0.3 is 14.8 Å². The zero-order valence-corrected chi connectivity index (χ0v) is 14.5. The van der Waals surface area contributed by atoms with Crippen molar-refractivity contribution in [2.75, 3.05) is 13.7 Å². The van der Waals surface area contributed by atoms with Crippen molar-refractivity contribution in [3.63, 3.8) is 0 Å². The lowest BCUT2D eigenvalue weighted by Gasteiger charge is -2.22. The third-order valence-electron chi connectivity index (χ3n) is 4.38. The molecule has 0 unspecified atom stereocenters. The Hall–Kier alpha value is -2.57. The molecule has 1 aliphatic rings. The Bertz CT molecular complexity index is 695.